The summed E-state index contributed by atoms with van der Waals surface area (Å²) in [5.74, 6) is -0.991. The number of pyridine rings is 1. The largest absolute Gasteiger partial charge is 0.573 e. The van der Waals surface area contributed by atoms with Gasteiger partial charge >= 0.3 is 6.36 Å². The molecule has 1 aromatic carbocycles. The average molecular weight is 380 g/mol. The summed E-state index contributed by atoms with van der Waals surface area (Å²) < 4.78 is 46.4. The normalized spacial score (nSPS) is 12.0. The number of anilines is 1. The van der Waals surface area contributed by atoms with Crippen molar-refractivity contribution in [2.24, 2.45) is 5.73 Å². The van der Waals surface area contributed by atoms with Gasteiger partial charge in [0.05, 0.1) is 23.5 Å². The van der Waals surface area contributed by atoms with Gasteiger partial charge < -0.3 is 20.5 Å². The number of hydrogen-bond donors (Lipinski definition) is 2. The number of nitrogens with two attached hydrogens (primary N) is 1. The summed E-state index contributed by atoms with van der Waals surface area (Å²) in [6.45, 7) is 1.77. The van der Waals surface area contributed by atoms with Gasteiger partial charge in [0.2, 0.25) is 11.8 Å². The molecule has 0 fully saturated rings. The molecular weight excluding hydrogens is 365 g/mol. The van der Waals surface area contributed by atoms with Gasteiger partial charge in [0.15, 0.2) is 5.75 Å². The molecular formula is C17H15F3N4O3. The number of halogens is 3. The van der Waals surface area contributed by atoms with Gasteiger partial charge in [-0.15, -0.1) is 13.2 Å². The van der Waals surface area contributed by atoms with Crippen LogP contribution in [0.15, 0.2) is 36.5 Å². The molecule has 0 aliphatic rings. The number of aromatic nitrogens is 1. The van der Waals surface area contributed by atoms with Crippen molar-refractivity contribution in [3.05, 3.63) is 42.1 Å². The summed E-state index contributed by atoms with van der Waals surface area (Å²) in [6.07, 6.45) is -3.16. The van der Waals surface area contributed by atoms with Crippen LogP contribution in [0.1, 0.15) is 18.9 Å². The number of nitriles is 1. The van der Waals surface area contributed by atoms with Crippen LogP contribution >= 0.6 is 0 Å². The SMILES string of the molecule is CC[C@@H](N)C(=O)Nc1ccc(Oc2ccc(C#N)c(OC(F)(F)F)c2)nc1. The Morgan fingerprint density at radius 3 is 2.67 bits per heavy atom. The van der Waals surface area contributed by atoms with Gasteiger partial charge in [0.25, 0.3) is 0 Å². The molecule has 142 valence electrons. The molecule has 1 atom stereocenters. The molecule has 0 saturated carbocycles. The molecule has 0 spiro atoms. The monoisotopic (exact) mass is 380 g/mol. The van der Waals surface area contributed by atoms with Gasteiger partial charge in [-0.2, -0.15) is 5.26 Å². The fraction of sp³-hybridized carbons (Fsp3) is 0.235. The maximum absolute atomic E-state index is 12.4. The Hall–Kier alpha value is -3.32. The van der Waals surface area contributed by atoms with E-state index in [1.165, 1.54) is 24.4 Å². The summed E-state index contributed by atoms with van der Waals surface area (Å²) in [6, 6.07) is 7.24. The second-order valence-corrected chi connectivity index (χ2v) is 5.31. The Balaban J connectivity index is 2.12. The van der Waals surface area contributed by atoms with Crippen molar-refractivity contribution in [3.63, 3.8) is 0 Å². The Kier molecular flexibility index (Phi) is 6.20. The molecule has 0 aliphatic carbocycles. The minimum atomic E-state index is -4.94. The van der Waals surface area contributed by atoms with E-state index in [9.17, 15) is 18.0 Å². The molecule has 0 aliphatic heterocycles. The van der Waals surface area contributed by atoms with Crippen molar-refractivity contribution < 1.29 is 27.4 Å². The molecule has 0 unspecified atom stereocenters. The van der Waals surface area contributed by atoms with Gasteiger partial charge in [0.1, 0.15) is 11.8 Å². The first-order valence-electron chi connectivity index (χ1n) is 7.72. The third-order valence-electron chi connectivity index (χ3n) is 3.30. The Labute approximate surface area is 152 Å². The van der Waals surface area contributed by atoms with Crippen LogP contribution in [0.4, 0.5) is 18.9 Å². The van der Waals surface area contributed by atoms with Crippen LogP contribution in [-0.4, -0.2) is 23.3 Å². The third kappa shape index (κ3) is 5.86. The maximum Gasteiger partial charge on any atom is 0.573 e. The van der Waals surface area contributed by atoms with Gasteiger partial charge in [-0.3, -0.25) is 4.79 Å². The lowest BCUT2D eigenvalue weighted by molar-refractivity contribution is -0.274. The molecule has 1 heterocycles. The van der Waals surface area contributed by atoms with Crippen LogP contribution in [0.5, 0.6) is 17.4 Å². The number of benzene rings is 1. The molecule has 2 aromatic rings. The van der Waals surface area contributed by atoms with Crippen molar-refractivity contribution in [3.8, 4) is 23.4 Å². The van der Waals surface area contributed by atoms with Crippen LogP contribution in [0.25, 0.3) is 0 Å². The zero-order valence-electron chi connectivity index (χ0n) is 14.1. The van der Waals surface area contributed by atoms with Gasteiger partial charge in [-0.05, 0) is 24.6 Å². The van der Waals surface area contributed by atoms with Crippen LogP contribution in [0, 0.1) is 11.3 Å². The molecule has 1 amide bonds. The minimum absolute atomic E-state index is 0.00876. The van der Waals surface area contributed by atoms with E-state index in [1.54, 1.807) is 13.0 Å². The van der Waals surface area contributed by atoms with Crippen molar-refractivity contribution in [1.82, 2.24) is 4.98 Å². The fourth-order valence-electron chi connectivity index (χ4n) is 1.92. The Bertz CT molecular complexity index is 848. The van der Waals surface area contributed by atoms with Crippen molar-refractivity contribution in [1.29, 1.82) is 5.26 Å². The van der Waals surface area contributed by atoms with E-state index in [-0.39, 0.29) is 23.1 Å². The highest BCUT2D eigenvalue weighted by atomic mass is 19.4. The van der Waals surface area contributed by atoms with Crippen molar-refractivity contribution in [2.75, 3.05) is 5.32 Å². The summed E-state index contributed by atoms with van der Waals surface area (Å²) in [5.41, 5.74) is 5.70. The topological polar surface area (TPSA) is 110 Å². The quantitative estimate of drug-likeness (QED) is 0.795. The van der Waals surface area contributed by atoms with Crippen LogP contribution in [0.2, 0.25) is 0 Å². The molecule has 0 bridgehead atoms. The lowest BCUT2D eigenvalue weighted by Crippen LogP contribution is -2.34. The van der Waals surface area contributed by atoms with E-state index in [0.717, 1.165) is 12.1 Å². The number of carbonyl (C=O) groups is 1. The molecule has 0 saturated heterocycles. The van der Waals surface area contributed by atoms with Gasteiger partial charge in [0, 0.05) is 12.1 Å². The minimum Gasteiger partial charge on any atom is -0.439 e. The van der Waals surface area contributed by atoms with E-state index in [0.29, 0.717) is 12.1 Å². The van der Waals surface area contributed by atoms with E-state index in [2.05, 4.69) is 15.0 Å². The first-order chi connectivity index (χ1) is 12.7. The van der Waals surface area contributed by atoms with E-state index in [1.807, 2.05) is 0 Å². The van der Waals surface area contributed by atoms with Crippen LogP contribution in [0.3, 0.4) is 0 Å². The summed E-state index contributed by atoms with van der Waals surface area (Å²) in [5, 5.41) is 11.4. The number of rotatable bonds is 6. The maximum atomic E-state index is 12.4. The number of ether oxygens (including phenoxy) is 2. The van der Waals surface area contributed by atoms with Crippen LogP contribution < -0.4 is 20.5 Å². The van der Waals surface area contributed by atoms with Gasteiger partial charge in [-0.25, -0.2) is 4.98 Å². The third-order valence-corrected chi connectivity index (χ3v) is 3.30. The van der Waals surface area contributed by atoms with Crippen molar-refractivity contribution in [2.45, 2.75) is 25.7 Å². The molecule has 0 radical (unpaired) electrons. The molecule has 7 nitrogen and oxygen atoms in total. The first-order valence-corrected chi connectivity index (χ1v) is 7.72. The second kappa shape index (κ2) is 8.37. The average Bonchev–Trinajstić information content (AvgIpc) is 2.61. The number of alkyl halides is 3. The molecule has 1 aromatic heterocycles. The summed E-state index contributed by atoms with van der Waals surface area (Å²) in [4.78, 5) is 15.7. The summed E-state index contributed by atoms with van der Waals surface area (Å²) >= 11 is 0. The van der Waals surface area contributed by atoms with E-state index in [4.69, 9.17) is 15.7 Å². The zero-order chi connectivity index (χ0) is 20.0. The highest BCUT2D eigenvalue weighted by Gasteiger charge is 2.32. The fourth-order valence-corrected chi connectivity index (χ4v) is 1.92. The lowest BCUT2D eigenvalue weighted by Gasteiger charge is -2.12. The number of hydrogen-bond acceptors (Lipinski definition) is 6. The van der Waals surface area contributed by atoms with E-state index >= 15 is 0 Å². The van der Waals surface area contributed by atoms with Crippen LogP contribution in [-0.2, 0) is 4.79 Å². The van der Waals surface area contributed by atoms with Gasteiger partial charge in [-0.1, -0.05) is 6.92 Å². The molecule has 10 heteroatoms. The standard InChI is InChI=1S/C17H15F3N4O3/c1-2-13(22)16(25)24-11-4-6-15(23-9-11)26-12-5-3-10(8-21)14(7-12)27-17(18,19)20/h3-7,9,13H,2,22H2,1H3,(H,24,25)/t13-/m1/s1. The highest BCUT2D eigenvalue weighted by molar-refractivity contribution is 5.94. The second-order valence-electron chi connectivity index (χ2n) is 5.31. The molecule has 27 heavy (non-hydrogen) atoms. The van der Waals surface area contributed by atoms with E-state index < -0.39 is 18.2 Å². The zero-order valence-corrected chi connectivity index (χ0v) is 14.1. The number of amides is 1. The predicted octanol–water partition coefficient (Wildman–Crippen LogP) is 3.32. The highest BCUT2D eigenvalue weighted by Crippen LogP contribution is 2.31. The smallest absolute Gasteiger partial charge is 0.439 e. The molecule has 2 rings (SSSR count). The lowest BCUT2D eigenvalue weighted by atomic mass is 10.2. The predicted molar refractivity (Wildman–Crippen MR) is 89.0 cm³/mol. The Morgan fingerprint density at radius 1 is 1.37 bits per heavy atom. The number of nitrogens with zero attached hydrogens (tertiary/aromatic N) is 2. The number of carbonyl (C=O) groups excluding carboxylic acids is 1. The van der Waals surface area contributed by atoms with Crippen molar-refractivity contribution >= 4 is 11.6 Å². The number of nitrogens with one attached hydrogen (secondary N) is 1. The summed E-state index contributed by atoms with van der Waals surface area (Å²) in [7, 11) is 0. The first kappa shape index (κ1) is 20.0. The molecule has 3 N–H and O–H groups in total. The Morgan fingerprint density at radius 2 is 2.11 bits per heavy atom.